The van der Waals surface area contributed by atoms with E-state index in [2.05, 4.69) is 5.32 Å². The molecular formula is C8H18N2O4S. The van der Waals surface area contributed by atoms with Gasteiger partial charge in [0.1, 0.15) is 0 Å². The van der Waals surface area contributed by atoms with Crippen LogP contribution in [0.1, 0.15) is 20.3 Å². The predicted octanol–water partition coefficient (Wildman–Crippen LogP) is -0.636. The average molecular weight is 238 g/mol. The molecule has 0 aromatic heterocycles. The summed E-state index contributed by atoms with van der Waals surface area (Å²) in [6, 6.07) is -0.466. The molecule has 0 aliphatic carbocycles. The molecule has 1 unspecified atom stereocenters. The van der Waals surface area contributed by atoms with Gasteiger partial charge in [0, 0.05) is 0 Å². The lowest BCUT2D eigenvalue weighted by molar-refractivity contribution is -0.120. The summed E-state index contributed by atoms with van der Waals surface area (Å²) >= 11 is 0. The van der Waals surface area contributed by atoms with Crippen molar-refractivity contribution in [3.8, 4) is 0 Å². The van der Waals surface area contributed by atoms with E-state index in [0.29, 0.717) is 6.54 Å². The van der Waals surface area contributed by atoms with Crippen molar-refractivity contribution in [3.05, 3.63) is 0 Å². The Morgan fingerprint density at radius 2 is 2.00 bits per heavy atom. The Kier molecular flexibility index (Phi) is 5.77. The minimum Gasteiger partial charge on any atom is -0.368 e. The van der Waals surface area contributed by atoms with Gasteiger partial charge in [0.15, 0.2) is 0 Å². The van der Waals surface area contributed by atoms with E-state index in [1.807, 2.05) is 13.8 Å². The van der Waals surface area contributed by atoms with Crippen LogP contribution in [0.3, 0.4) is 0 Å². The molecule has 0 rings (SSSR count). The van der Waals surface area contributed by atoms with E-state index in [-0.39, 0.29) is 18.1 Å². The molecule has 0 fully saturated rings. The highest BCUT2D eigenvalue weighted by Crippen LogP contribution is 2.00. The van der Waals surface area contributed by atoms with Gasteiger partial charge in [-0.25, -0.2) is 0 Å². The summed E-state index contributed by atoms with van der Waals surface area (Å²) in [5.41, 5.74) is 5.14. The van der Waals surface area contributed by atoms with Crippen LogP contribution in [0.15, 0.2) is 0 Å². The number of amides is 1. The monoisotopic (exact) mass is 238 g/mol. The molecule has 1 amide bonds. The first-order valence-corrected chi connectivity index (χ1v) is 6.33. The van der Waals surface area contributed by atoms with Crippen LogP contribution in [0, 0.1) is 5.92 Å². The van der Waals surface area contributed by atoms with Gasteiger partial charge in [-0.3, -0.25) is 9.35 Å². The number of hydrogen-bond acceptors (Lipinski definition) is 4. The first-order valence-electron chi connectivity index (χ1n) is 4.72. The zero-order valence-electron chi connectivity index (χ0n) is 8.93. The Morgan fingerprint density at radius 3 is 2.33 bits per heavy atom. The number of nitrogens with two attached hydrogens (primary N) is 1. The van der Waals surface area contributed by atoms with Crippen LogP contribution >= 0.6 is 0 Å². The molecule has 90 valence electrons. The Labute approximate surface area is 90.0 Å². The van der Waals surface area contributed by atoms with E-state index in [9.17, 15) is 13.2 Å². The molecule has 0 bridgehead atoms. The highest BCUT2D eigenvalue weighted by atomic mass is 32.2. The fourth-order valence-corrected chi connectivity index (χ4v) is 1.69. The third-order valence-electron chi connectivity index (χ3n) is 1.92. The molecule has 6 nitrogen and oxygen atoms in total. The molecule has 0 saturated carbocycles. The van der Waals surface area contributed by atoms with Gasteiger partial charge in [-0.15, -0.1) is 0 Å². The Bertz CT molecular complexity index is 300. The zero-order chi connectivity index (χ0) is 12.1. The molecule has 0 spiro atoms. The van der Waals surface area contributed by atoms with E-state index in [1.54, 1.807) is 0 Å². The molecule has 0 heterocycles. The first-order chi connectivity index (χ1) is 6.74. The standard InChI is InChI=1S/C8H18N2O4S/c1-6(2)7(8(9)11)10-4-3-5-15(12,13)14/h6-7,10H,3-5H2,1-2H3,(H2,9,11)(H,12,13,14). The minimum atomic E-state index is -3.92. The fraction of sp³-hybridized carbons (Fsp3) is 0.875. The van der Waals surface area contributed by atoms with Gasteiger partial charge in [-0.1, -0.05) is 13.8 Å². The maximum absolute atomic E-state index is 10.9. The number of primary amides is 1. The molecule has 7 heteroatoms. The summed E-state index contributed by atoms with van der Waals surface area (Å²) in [5, 5.41) is 2.84. The van der Waals surface area contributed by atoms with E-state index >= 15 is 0 Å². The van der Waals surface area contributed by atoms with Crippen molar-refractivity contribution in [2.75, 3.05) is 12.3 Å². The van der Waals surface area contributed by atoms with Crippen molar-refractivity contribution in [1.82, 2.24) is 5.32 Å². The summed E-state index contributed by atoms with van der Waals surface area (Å²) in [7, 11) is -3.92. The number of nitrogens with one attached hydrogen (secondary N) is 1. The smallest absolute Gasteiger partial charge is 0.264 e. The van der Waals surface area contributed by atoms with E-state index in [4.69, 9.17) is 10.3 Å². The molecule has 0 aromatic rings. The second-order valence-corrected chi connectivity index (χ2v) is 5.29. The van der Waals surface area contributed by atoms with Gasteiger partial charge < -0.3 is 11.1 Å². The summed E-state index contributed by atoms with van der Waals surface area (Å²) in [5.74, 6) is -0.728. The summed E-state index contributed by atoms with van der Waals surface area (Å²) < 4.78 is 29.2. The van der Waals surface area contributed by atoms with Crippen LogP contribution in [-0.4, -0.2) is 37.2 Å². The third kappa shape index (κ3) is 7.29. The maximum atomic E-state index is 10.9. The molecule has 0 aliphatic rings. The largest absolute Gasteiger partial charge is 0.368 e. The zero-order valence-corrected chi connectivity index (χ0v) is 9.75. The number of hydrogen-bond donors (Lipinski definition) is 3. The van der Waals surface area contributed by atoms with Crippen molar-refractivity contribution >= 4 is 16.0 Å². The van der Waals surface area contributed by atoms with Gasteiger partial charge in [0.2, 0.25) is 5.91 Å². The normalized spacial score (nSPS) is 14.1. The van der Waals surface area contributed by atoms with E-state index < -0.39 is 22.1 Å². The van der Waals surface area contributed by atoms with E-state index in [0.717, 1.165) is 0 Å². The van der Waals surface area contributed by atoms with Crippen LogP contribution in [0.5, 0.6) is 0 Å². The summed E-state index contributed by atoms with van der Waals surface area (Å²) in [6.07, 6.45) is 0.245. The summed E-state index contributed by atoms with van der Waals surface area (Å²) in [6.45, 7) is 4.00. The average Bonchev–Trinajstić information content (AvgIpc) is 2.00. The van der Waals surface area contributed by atoms with Crippen molar-refractivity contribution in [3.63, 3.8) is 0 Å². The predicted molar refractivity (Wildman–Crippen MR) is 56.9 cm³/mol. The van der Waals surface area contributed by atoms with E-state index in [1.165, 1.54) is 0 Å². The van der Waals surface area contributed by atoms with Gasteiger partial charge in [0.05, 0.1) is 11.8 Å². The minimum absolute atomic E-state index is 0.0493. The van der Waals surface area contributed by atoms with Crippen molar-refractivity contribution in [1.29, 1.82) is 0 Å². The molecule has 0 aliphatic heterocycles. The van der Waals surface area contributed by atoms with Crippen LogP contribution < -0.4 is 11.1 Å². The molecule has 0 saturated heterocycles. The maximum Gasteiger partial charge on any atom is 0.264 e. The van der Waals surface area contributed by atoms with Crippen molar-refractivity contribution in [2.24, 2.45) is 11.7 Å². The van der Waals surface area contributed by atoms with Crippen LogP contribution in [0.4, 0.5) is 0 Å². The highest BCUT2D eigenvalue weighted by Gasteiger charge is 2.18. The molecule has 1 atom stereocenters. The number of carbonyl (C=O) groups excluding carboxylic acids is 1. The quantitative estimate of drug-likeness (QED) is 0.404. The molecule has 15 heavy (non-hydrogen) atoms. The third-order valence-corrected chi connectivity index (χ3v) is 2.72. The highest BCUT2D eigenvalue weighted by molar-refractivity contribution is 7.85. The molecule has 0 aromatic carbocycles. The Morgan fingerprint density at radius 1 is 1.47 bits per heavy atom. The summed E-state index contributed by atoms with van der Waals surface area (Å²) in [4.78, 5) is 10.9. The van der Waals surface area contributed by atoms with Crippen molar-refractivity contribution in [2.45, 2.75) is 26.3 Å². The van der Waals surface area contributed by atoms with Gasteiger partial charge in [-0.05, 0) is 18.9 Å². The van der Waals surface area contributed by atoms with Crippen LogP contribution in [0.25, 0.3) is 0 Å². The second kappa shape index (κ2) is 6.04. The fourth-order valence-electron chi connectivity index (χ4n) is 1.18. The van der Waals surface area contributed by atoms with Gasteiger partial charge >= 0.3 is 0 Å². The van der Waals surface area contributed by atoms with Gasteiger partial charge in [0.25, 0.3) is 10.1 Å². The lowest BCUT2D eigenvalue weighted by atomic mass is 10.0. The second-order valence-electron chi connectivity index (χ2n) is 3.72. The molecule has 4 N–H and O–H groups in total. The Hall–Kier alpha value is -0.660. The first kappa shape index (κ1) is 14.3. The molecular weight excluding hydrogens is 220 g/mol. The van der Waals surface area contributed by atoms with Crippen molar-refractivity contribution < 1.29 is 17.8 Å². The number of rotatable bonds is 7. The van der Waals surface area contributed by atoms with Crippen LogP contribution in [0.2, 0.25) is 0 Å². The molecule has 0 radical (unpaired) electrons. The topological polar surface area (TPSA) is 109 Å². The SMILES string of the molecule is CC(C)C(NCCCS(=O)(=O)O)C(N)=O. The number of carbonyl (C=O) groups is 1. The lowest BCUT2D eigenvalue weighted by Gasteiger charge is -2.18. The van der Waals surface area contributed by atoms with Crippen LogP contribution in [-0.2, 0) is 14.9 Å². The lowest BCUT2D eigenvalue weighted by Crippen LogP contribution is -2.45. The Balaban J connectivity index is 3.88. The van der Waals surface area contributed by atoms with Gasteiger partial charge in [-0.2, -0.15) is 8.42 Å².